The van der Waals surface area contributed by atoms with Crippen molar-refractivity contribution in [2.75, 3.05) is 40.3 Å². The van der Waals surface area contributed by atoms with Gasteiger partial charge in [0.1, 0.15) is 0 Å². The summed E-state index contributed by atoms with van der Waals surface area (Å²) >= 11 is 0. The largest absolute Gasteiger partial charge is 0.316 e. The predicted octanol–water partition coefficient (Wildman–Crippen LogP) is 1.54. The molecule has 1 spiro atoms. The maximum atomic E-state index is 12.2. The van der Waals surface area contributed by atoms with Crippen molar-refractivity contribution in [2.24, 2.45) is 5.41 Å². The van der Waals surface area contributed by atoms with Crippen molar-refractivity contribution in [1.82, 2.24) is 14.5 Å². The lowest BCUT2D eigenvalue weighted by molar-refractivity contribution is 0.268. The Kier molecular flexibility index (Phi) is 5.74. The molecule has 2 saturated heterocycles. The Morgan fingerprint density at radius 2 is 2.09 bits per heavy atom. The summed E-state index contributed by atoms with van der Waals surface area (Å²) in [5.74, 6) is 0. The van der Waals surface area contributed by atoms with Crippen molar-refractivity contribution in [1.29, 1.82) is 0 Å². The summed E-state index contributed by atoms with van der Waals surface area (Å²) in [5, 5.41) is 3.47. The van der Waals surface area contributed by atoms with E-state index in [0.29, 0.717) is 10.3 Å². The molecule has 0 bridgehead atoms. The van der Waals surface area contributed by atoms with Gasteiger partial charge in [-0.25, -0.2) is 12.7 Å². The van der Waals surface area contributed by atoms with Crippen LogP contribution in [0.15, 0.2) is 29.2 Å². The average Bonchev–Trinajstić information content (AvgIpc) is 3.10. The molecular formula is C16H26ClN3O2S. The number of rotatable bonds is 4. The normalized spacial score (nSPS) is 25.2. The van der Waals surface area contributed by atoms with E-state index < -0.39 is 10.0 Å². The summed E-state index contributed by atoms with van der Waals surface area (Å²) in [6, 6.07) is 7.35. The van der Waals surface area contributed by atoms with E-state index in [1.54, 1.807) is 20.2 Å². The topological polar surface area (TPSA) is 52.7 Å². The molecule has 2 fully saturated rings. The molecule has 2 aliphatic heterocycles. The lowest BCUT2D eigenvalue weighted by atomic mass is 9.87. The van der Waals surface area contributed by atoms with Gasteiger partial charge in [0.15, 0.2) is 0 Å². The summed E-state index contributed by atoms with van der Waals surface area (Å²) in [6.07, 6.45) is 2.51. The number of benzene rings is 1. The lowest BCUT2D eigenvalue weighted by Gasteiger charge is -2.23. The van der Waals surface area contributed by atoms with Crippen molar-refractivity contribution < 1.29 is 8.42 Å². The number of hydrogen-bond donors (Lipinski definition) is 1. The zero-order valence-electron chi connectivity index (χ0n) is 13.8. The molecule has 7 heteroatoms. The van der Waals surface area contributed by atoms with Crippen molar-refractivity contribution in [3.05, 3.63) is 29.8 Å². The van der Waals surface area contributed by atoms with Crippen molar-refractivity contribution in [3.8, 4) is 0 Å². The van der Waals surface area contributed by atoms with E-state index in [1.165, 1.54) is 17.1 Å². The number of sulfonamides is 1. The van der Waals surface area contributed by atoms with Gasteiger partial charge in [0.2, 0.25) is 10.0 Å². The fourth-order valence-corrected chi connectivity index (χ4v) is 4.55. The number of nitrogens with one attached hydrogen (secondary N) is 1. The smallest absolute Gasteiger partial charge is 0.242 e. The summed E-state index contributed by atoms with van der Waals surface area (Å²) in [5.41, 5.74) is 1.53. The van der Waals surface area contributed by atoms with E-state index in [0.717, 1.165) is 38.3 Å². The van der Waals surface area contributed by atoms with Gasteiger partial charge in [-0.2, -0.15) is 0 Å². The Labute approximate surface area is 145 Å². The Hall–Kier alpha value is -0.660. The summed E-state index contributed by atoms with van der Waals surface area (Å²) in [6.45, 7) is 5.30. The highest BCUT2D eigenvalue weighted by molar-refractivity contribution is 7.89. The third-order valence-electron chi connectivity index (χ3n) is 4.93. The molecule has 2 heterocycles. The second-order valence-electron chi connectivity index (χ2n) is 6.82. The van der Waals surface area contributed by atoms with Crippen LogP contribution >= 0.6 is 12.4 Å². The highest BCUT2D eigenvalue weighted by Gasteiger charge is 2.40. The van der Waals surface area contributed by atoms with E-state index in [1.807, 2.05) is 18.2 Å². The molecule has 1 aromatic rings. The molecule has 1 N–H and O–H groups in total. The minimum absolute atomic E-state index is 0. The van der Waals surface area contributed by atoms with Crippen LogP contribution in [0.2, 0.25) is 0 Å². The van der Waals surface area contributed by atoms with Crippen LogP contribution in [-0.2, 0) is 16.6 Å². The molecule has 1 atom stereocenters. The molecule has 1 aromatic carbocycles. The molecule has 0 amide bonds. The highest BCUT2D eigenvalue weighted by atomic mass is 35.5. The van der Waals surface area contributed by atoms with E-state index in [-0.39, 0.29) is 12.4 Å². The first-order valence-electron chi connectivity index (χ1n) is 7.86. The number of halogens is 1. The van der Waals surface area contributed by atoms with Gasteiger partial charge in [-0.1, -0.05) is 12.1 Å². The molecule has 0 saturated carbocycles. The number of nitrogens with zero attached hydrogens (tertiary/aromatic N) is 2. The van der Waals surface area contributed by atoms with Crippen LogP contribution in [0.25, 0.3) is 0 Å². The Morgan fingerprint density at radius 3 is 2.74 bits per heavy atom. The molecule has 130 valence electrons. The van der Waals surface area contributed by atoms with Crippen LogP contribution in [0, 0.1) is 5.41 Å². The molecule has 0 aliphatic carbocycles. The van der Waals surface area contributed by atoms with Gasteiger partial charge in [0.05, 0.1) is 4.90 Å². The second kappa shape index (κ2) is 7.07. The van der Waals surface area contributed by atoms with E-state index in [2.05, 4.69) is 10.2 Å². The zero-order valence-corrected chi connectivity index (χ0v) is 15.4. The molecule has 5 nitrogen and oxygen atoms in total. The minimum Gasteiger partial charge on any atom is -0.316 e. The molecule has 1 unspecified atom stereocenters. The molecule has 2 aliphatic rings. The fraction of sp³-hybridized carbons (Fsp3) is 0.625. The first-order valence-corrected chi connectivity index (χ1v) is 9.30. The van der Waals surface area contributed by atoms with E-state index in [4.69, 9.17) is 0 Å². The molecule has 0 radical (unpaired) electrons. The van der Waals surface area contributed by atoms with Gasteiger partial charge >= 0.3 is 0 Å². The second-order valence-corrected chi connectivity index (χ2v) is 8.97. The third kappa shape index (κ3) is 3.88. The molecule has 3 rings (SSSR count). The van der Waals surface area contributed by atoms with Crippen LogP contribution in [-0.4, -0.2) is 57.9 Å². The maximum absolute atomic E-state index is 12.2. The standard InChI is InChI=1S/C16H25N3O2S.ClH/c1-18(2)22(20,21)15-5-3-4-14(10-15)11-19-9-7-16(13-19)6-8-17-12-16;/h3-5,10,17H,6-9,11-13H2,1-2H3;1H. The first-order chi connectivity index (χ1) is 10.4. The fourth-order valence-electron chi connectivity index (χ4n) is 3.58. The SMILES string of the molecule is CN(C)S(=O)(=O)c1cccc(CN2CCC3(CCNC3)C2)c1.Cl. The Morgan fingerprint density at radius 1 is 1.30 bits per heavy atom. The van der Waals surface area contributed by atoms with Gasteiger partial charge in [0, 0.05) is 33.7 Å². The van der Waals surface area contributed by atoms with Gasteiger partial charge in [-0.05, 0) is 49.0 Å². The summed E-state index contributed by atoms with van der Waals surface area (Å²) in [7, 11) is -0.213. The monoisotopic (exact) mass is 359 g/mol. The first kappa shape index (κ1) is 18.7. The van der Waals surface area contributed by atoms with Crippen molar-refractivity contribution in [2.45, 2.75) is 24.3 Å². The van der Waals surface area contributed by atoms with Crippen LogP contribution < -0.4 is 5.32 Å². The third-order valence-corrected chi connectivity index (χ3v) is 6.74. The molecular weight excluding hydrogens is 334 g/mol. The highest BCUT2D eigenvalue weighted by Crippen LogP contribution is 2.36. The van der Waals surface area contributed by atoms with E-state index >= 15 is 0 Å². The lowest BCUT2D eigenvalue weighted by Crippen LogP contribution is -2.29. The summed E-state index contributed by atoms with van der Waals surface area (Å²) < 4.78 is 25.7. The summed E-state index contributed by atoms with van der Waals surface area (Å²) in [4.78, 5) is 2.83. The predicted molar refractivity (Wildman–Crippen MR) is 94.4 cm³/mol. The van der Waals surface area contributed by atoms with Crippen LogP contribution in [0.5, 0.6) is 0 Å². The quantitative estimate of drug-likeness (QED) is 0.886. The molecule has 0 aromatic heterocycles. The van der Waals surface area contributed by atoms with Gasteiger partial charge in [0.25, 0.3) is 0 Å². The van der Waals surface area contributed by atoms with Gasteiger partial charge in [-0.3, -0.25) is 4.90 Å². The molecule has 23 heavy (non-hydrogen) atoms. The van der Waals surface area contributed by atoms with Crippen LogP contribution in [0.4, 0.5) is 0 Å². The van der Waals surface area contributed by atoms with Crippen molar-refractivity contribution in [3.63, 3.8) is 0 Å². The van der Waals surface area contributed by atoms with Gasteiger partial charge in [-0.15, -0.1) is 12.4 Å². The number of likely N-dealkylation sites (tertiary alicyclic amines) is 1. The average molecular weight is 360 g/mol. The minimum atomic E-state index is -3.35. The van der Waals surface area contributed by atoms with Crippen LogP contribution in [0.1, 0.15) is 18.4 Å². The number of hydrogen-bond acceptors (Lipinski definition) is 4. The Bertz CT molecular complexity index is 642. The Balaban J connectivity index is 0.00000192. The zero-order chi connectivity index (χ0) is 15.8. The van der Waals surface area contributed by atoms with Crippen molar-refractivity contribution >= 4 is 22.4 Å². The maximum Gasteiger partial charge on any atom is 0.242 e. The van der Waals surface area contributed by atoms with E-state index in [9.17, 15) is 8.42 Å². The van der Waals surface area contributed by atoms with Crippen LogP contribution in [0.3, 0.4) is 0 Å². The van der Waals surface area contributed by atoms with Gasteiger partial charge < -0.3 is 5.32 Å².